The Balaban J connectivity index is 2.24. The monoisotopic (exact) mass is 348 g/mol. The summed E-state index contributed by atoms with van der Waals surface area (Å²) >= 11 is 11.7. The maximum absolute atomic E-state index is 12.5. The van der Waals surface area contributed by atoms with Crippen LogP contribution in [0.3, 0.4) is 0 Å². The molecule has 0 amide bonds. The van der Waals surface area contributed by atoms with Crippen molar-refractivity contribution in [2.45, 2.75) is 12.6 Å². The third-order valence-corrected chi connectivity index (χ3v) is 3.25. The number of rotatable bonds is 3. The molecule has 8 heteroatoms. The Morgan fingerprint density at radius 2 is 1.77 bits per heavy atom. The Morgan fingerprint density at radius 1 is 1.14 bits per heavy atom. The minimum Gasteiger partial charge on any atom is -0.411 e. The molecule has 2 aromatic rings. The third-order valence-electron chi connectivity index (χ3n) is 2.82. The second-order valence-corrected chi connectivity index (χ2v) is 5.29. The van der Waals surface area contributed by atoms with Gasteiger partial charge in [-0.1, -0.05) is 28.4 Å². The molecule has 0 radical (unpaired) electrons. The Hall–Kier alpha value is -1.79. The van der Waals surface area contributed by atoms with Crippen LogP contribution in [0, 0.1) is 0 Å². The van der Waals surface area contributed by atoms with E-state index in [0.717, 1.165) is 12.3 Å². The van der Waals surface area contributed by atoms with Gasteiger partial charge in [-0.15, -0.1) is 0 Å². The van der Waals surface area contributed by atoms with Crippen LogP contribution in [0.2, 0.25) is 10.0 Å². The van der Waals surface area contributed by atoms with Crippen molar-refractivity contribution in [3.63, 3.8) is 0 Å². The summed E-state index contributed by atoms with van der Waals surface area (Å²) < 4.78 is 37.4. The van der Waals surface area contributed by atoms with Crippen LogP contribution in [0.1, 0.15) is 16.8 Å². The molecule has 0 bridgehead atoms. The van der Waals surface area contributed by atoms with E-state index in [2.05, 4.69) is 10.1 Å². The van der Waals surface area contributed by atoms with E-state index in [9.17, 15) is 13.2 Å². The van der Waals surface area contributed by atoms with Gasteiger partial charge in [0.1, 0.15) is 0 Å². The van der Waals surface area contributed by atoms with Gasteiger partial charge in [0.2, 0.25) is 0 Å². The van der Waals surface area contributed by atoms with E-state index in [4.69, 9.17) is 28.4 Å². The van der Waals surface area contributed by atoms with E-state index in [1.54, 1.807) is 0 Å². The van der Waals surface area contributed by atoms with E-state index in [0.29, 0.717) is 21.3 Å². The molecule has 1 aromatic heterocycles. The number of benzene rings is 1. The minimum absolute atomic E-state index is 0.0330. The van der Waals surface area contributed by atoms with Gasteiger partial charge in [-0.2, -0.15) is 13.2 Å². The number of hydrogen-bond acceptors (Lipinski definition) is 3. The van der Waals surface area contributed by atoms with Crippen LogP contribution in [-0.2, 0) is 12.6 Å². The molecule has 0 fully saturated rings. The SMILES string of the molecule is ON=C(Cc1ccc(C(F)(F)F)cn1)c1cc(Cl)cc(Cl)c1. The van der Waals surface area contributed by atoms with Gasteiger partial charge in [0, 0.05) is 33.9 Å². The predicted octanol–water partition coefficient (Wildman–Crippen LogP) is 4.83. The molecule has 1 heterocycles. The zero-order chi connectivity index (χ0) is 16.3. The summed E-state index contributed by atoms with van der Waals surface area (Å²) in [5, 5.41) is 12.9. The Labute approximate surface area is 134 Å². The summed E-state index contributed by atoms with van der Waals surface area (Å²) in [5.41, 5.74) is 0.125. The molecule has 0 spiro atoms. The molecular weight excluding hydrogens is 340 g/mol. The standard InChI is InChI=1S/C14H9Cl2F3N2O/c15-10-3-8(4-11(16)5-10)13(21-22)6-12-2-1-9(7-20-12)14(17,18)19/h1-5,7,22H,6H2. The lowest BCUT2D eigenvalue weighted by Crippen LogP contribution is -2.09. The van der Waals surface area contributed by atoms with Crippen LogP contribution in [0.15, 0.2) is 41.7 Å². The molecule has 0 aliphatic rings. The molecule has 0 aliphatic heterocycles. The van der Waals surface area contributed by atoms with Crippen LogP contribution in [0.5, 0.6) is 0 Å². The molecule has 0 saturated heterocycles. The zero-order valence-electron chi connectivity index (χ0n) is 10.9. The minimum atomic E-state index is -4.44. The highest BCUT2D eigenvalue weighted by molar-refractivity contribution is 6.35. The molecule has 22 heavy (non-hydrogen) atoms. The van der Waals surface area contributed by atoms with Gasteiger partial charge in [0.25, 0.3) is 0 Å². The maximum Gasteiger partial charge on any atom is 0.417 e. The first-order chi connectivity index (χ1) is 10.3. The van der Waals surface area contributed by atoms with E-state index in [1.807, 2.05) is 0 Å². The Morgan fingerprint density at radius 3 is 2.23 bits per heavy atom. The van der Waals surface area contributed by atoms with E-state index < -0.39 is 11.7 Å². The Kier molecular flexibility index (Phi) is 4.93. The molecule has 2 rings (SSSR count). The average Bonchev–Trinajstić information content (AvgIpc) is 2.43. The number of alkyl halides is 3. The van der Waals surface area contributed by atoms with Crippen molar-refractivity contribution >= 4 is 28.9 Å². The van der Waals surface area contributed by atoms with Crippen molar-refractivity contribution in [1.82, 2.24) is 4.98 Å². The second kappa shape index (κ2) is 6.54. The molecule has 3 nitrogen and oxygen atoms in total. The van der Waals surface area contributed by atoms with Gasteiger partial charge < -0.3 is 5.21 Å². The van der Waals surface area contributed by atoms with Crippen LogP contribution < -0.4 is 0 Å². The summed E-state index contributed by atoms with van der Waals surface area (Å²) in [7, 11) is 0. The average molecular weight is 349 g/mol. The number of oxime groups is 1. The highest BCUT2D eigenvalue weighted by Gasteiger charge is 2.30. The second-order valence-electron chi connectivity index (χ2n) is 4.42. The molecule has 0 aliphatic carbocycles. The first kappa shape index (κ1) is 16.6. The van der Waals surface area contributed by atoms with E-state index in [1.165, 1.54) is 24.3 Å². The molecule has 116 valence electrons. The van der Waals surface area contributed by atoms with Crippen molar-refractivity contribution in [1.29, 1.82) is 0 Å². The quantitative estimate of drug-likeness (QED) is 0.490. The first-order valence-electron chi connectivity index (χ1n) is 5.99. The van der Waals surface area contributed by atoms with Gasteiger partial charge in [0.05, 0.1) is 11.3 Å². The Bertz CT molecular complexity index is 680. The fourth-order valence-corrected chi connectivity index (χ4v) is 2.31. The van der Waals surface area contributed by atoms with Crippen molar-refractivity contribution in [2.24, 2.45) is 5.16 Å². The number of hydrogen-bond donors (Lipinski definition) is 1. The topological polar surface area (TPSA) is 45.5 Å². The molecule has 0 atom stereocenters. The fraction of sp³-hybridized carbons (Fsp3) is 0.143. The smallest absolute Gasteiger partial charge is 0.411 e. The summed E-state index contributed by atoms with van der Waals surface area (Å²) in [5.74, 6) is 0. The number of halogens is 5. The third kappa shape index (κ3) is 4.11. The number of pyridine rings is 1. The van der Waals surface area contributed by atoms with Crippen LogP contribution in [0.25, 0.3) is 0 Å². The first-order valence-corrected chi connectivity index (χ1v) is 6.74. The molecule has 0 unspecified atom stereocenters. The number of nitrogens with zero attached hydrogens (tertiary/aromatic N) is 2. The van der Waals surface area contributed by atoms with Gasteiger partial charge >= 0.3 is 6.18 Å². The number of aromatic nitrogens is 1. The molecule has 1 N–H and O–H groups in total. The fourth-order valence-electron chi connectivity index (χ4n) is 1.78. The van der Waals surface area contributed by atoms with E-state index in [-0.39, 0.29) is 12.1 Å². The normalized spacial score (nSPS) is 12.5. The summed E-state index contributed by atoms with van der Waals surface area (Å²) in [6.45, 7) is 0. The summed E-state index contributed by atoms with van der Waals surface area (Å²) in [6, 6.07) is 6.72. The lowest BCUT2D eigenvalue weighted by molar-refractivity contribution is -0.137. The van der Waals surface area contributed by atoms with Crippen molar-refractivity contribution in [3.8, 4) is 0 Å². The summed E-state index contributed by atoms with van der Waals surface area (Å²) in [4.78, 5) is 3.73. The van der Waals surface area contributed by atoms with Crippen LogP contribution >= 0.6 is 23.2 Å². The molecular formula is C14H9Cl2F3N2O. The van der Waals surface area contributed by atoms with Crippen molar-refractivity contribution in [2.75, 3.05) is 0 Å². The van der Waals surface area contributed by atoms with Crippen molar-refractivity contribution < 1.29 is 18.4 Å². The zero-order valence-corrected chi connectivity index (χ0v) is 12.4. The largest absolute Gasteiger partial charge is 0.417 e. The highest BCUT2D eigenvalue weighted by Crippen LogP contribution is 2.28. The van der Waals surface area contributed by atoms with Crippen LogP contribution in [0.4, 0.5) is 13.2 Å². The van der Waals surface area contributed by atoms with Gasteiger partial charge in [0.15, 0.2) is 0 Å². The summed E-state index contributed by atoms with van der Waals surface area (Å²) in [6.07, 6.45) is -3.68. The van der Waals surface area contributed by atoms with Gasteiger partial charge in [-0.25, -0.2) is 0 Å². The van der Waals surface area contributed by atoms with Crippen molar-refractivity contribution in [3.05, 3.63) is 63.4 Å². The van der Waals surface area contributed by atoms with E-state index >= 15 is 0 Å². The highest BCUT2D eigenvalue weighted by atomic mass is 35.5. The molecule has 0 saturated carbocycles. The predicted molar refractivity (Wildman–Crippen MR) is 77.7 cm³/mol. The lowest BCUT2D eigenvalue weighted by Gasteiger charge is -2.08. The van der Waals surface area contributed by atoms with Gasteiger partial charge in [-0.05, 0) is 30.3 Å². The lowest BCUT2D eigenvalue weighted by atomic mass is 10.1. The maximum atomic E-state index is 12.5. The van der Waals surface area contributed by atoms with Gasteiger partial charge in [-0.3, -0.25) is 4.98 Å². The molecule has 1 aromatic carbocycles. The van der Waals surface area contributed by atoms with Crippen LogP contribution in [-0.4, -0.2) is 15.9 Å².